The first-order valence-electron chi connectivity index (χ1n) is 7.48. The van der Waals surface area contributed by atoms with Crippen LogP contribution in [0.4, 0.5) is 23.0 Å². The summed E-state index contributed by atoms with van der Waals surface area (Å²) in [6.45, 7) is 0. The van der Waals surface area contributed by atoms with E-state index in [9.17, 15) is 4.79 Å². The quantitative estimate of drug-likeness (QED) is 0.454. The molecular formula is C17H14BrClN6O. The van der Waals surface area contributed by atoms with Crippen LogP contribution in [0, 0.1) is 0 Å². The van der Waals surface area contributed by atoms with Gasteiger partial charge in [0.05, 0.1) is 5.56 Å². The lowest BCUT2D eigenvalue weighted by Gasteiger charge is -2.13. The second-order valence-corrected chi connectivity index (χ2v) is 6.47. The van der Waals surface area contributed by atoms with Gasteiger partial charge in [-0.25, -0.2) is 9.97 Å². The Balaban J connectivity index is 1.73. The highest BCUT2D eigenvalue weighted by Crippen LogP contribution is 2.26. The van der Waals surface area contributed by atoms with E-state index in [1.807, 2.05) is 12.1 Å². The van der Waals surface area contributed by atoms with Gasteiger partial charge in [-0.2, -0.15) is 0 Å². The molecule has 26 heavy (non-hydrogen) atoms. The zero-order valence-corrected chi connectivity index (χ0v) is 15.7. The van der Waals surface area contributed by atoms with Gasteiger partial charge in [-0.1, -0.05) is 29.8 Å². The number of hydrazine groups is 1. The largest absolute Gasteiger partial charge is 0.393 e. The van der Waals surface area contributed by atoms with Crippen molar-refractivity contribution in [1.29, 1.82) is 0 Å². The summed E-state index contributed by atoms with van der Waals surface area (Å²) in [5.41, 5.74) is 12.8. The maximum atomic E-state index is 12.2. The normalized spacial score (nSPS) is 10.2. The predicted molar refractivity (Wildman–Crippen MR) is 106 cm³/mol. The number of anilines is 4. The summed E-state index contributed by atoms with van der Waals surface area (Å²) >= 11 is 9.30. The first-order chi connectivity index (χ1) is 12.5. The van der Waals surface area contributed by atoms with Gasteiger partial charge in [0.25, 0.3) is 5.91 Å². The molecule has 2 aromatic carbocycles. The zero-order valence-electron chi connectivity index (χ0n) is 13.3. The van der Waals surface area contributed by atoms with Crippen LogP contribution in [0.15, 0.2) is 59.3 Å². The Labute approximate surface area is 163 Å². The topological polar surface area (TPSA) is 105 Å². The molecule has 1 aromatic heterocycles. The predicted octanol–water partition coefficient (Wildman–Crippen LogP) is 3.98. The minimum absolute atomic E-state index is 0.250. The summed E-state index contributed by atoms with van der Waals surface area (Å²) in [5.74, 6) is 0.324. The molecule has 5 N–H and O–H groups in total. The molecule has 3 aromatic rings. The Kier molecular flexibility index (Phi) is 5.55. The third-order valence-electron chi connectivity index (χ3n) is 3.38. The van der Waals surface area contributed by atoms with Gasteiger partial charge in [0.15, 0.2) is 11.6 Å². The van der Waals surface area contributed by atoms with Crippen molar-refractivity contribution in [3.05, 3.63) is 69.9 Å². The van der Waals surface area contributed by atoms with Crippen molar-refractivity contribution in [2.45, 2.75) is 0 Å². The van der Waals surface area contributed by atoms with Crippen LogP contribution in [0.2, 0.25) is 5.02 Å². The van der Waals surface area contributed by atoms with Crippen molar-refractivity contribution in [3.8, 4) is 0 Å². The van der Waals surface area contributed by atoms with Crippen LogP contribution >= 0.6 is 27.5 Å². The van der Waals surface area contributed by atoms with Gasteiger partial charge >= 0.3 is 0 Å². The molecule has 1 heterocycles. The molecule has 7 nitrogen and oxygen atoms in total. The van der Waals surface area contributed by atoms with E-state index in [4.69, 9.17) is 17.3 Å². The lowest BCUT2D eigenvalue weighted by molar-refractivity contribution is 0.0962. The number of halogens is 2. The Hall–Kier alpha value is -2.84. The fourth-order valence-corrected chi connectivity index (χ4v) is 2.78. The van der Waals surface area contributed by atoms with Crippen molar-refractivity contribution in [2.75, 3.05) is 16.5 Å². The Morgan fingerprint density at radius 1 is 1.08 bits per heavy atom. The van der Waals surface area contributed by atoms with Crippen molar-refractivity contribution < 1.29 is 4.79 Å². The van der Waals surface area contributed by atoms with Crippen LogP contribution in [0.3, 0.4) is 0 Å². The van der Waals surface area contributed by atoms with E-state index < -0.39 is 0 Å². The SMILES string of the molecule is Nc1c(NNC(=O)c2ccccc2Br)ncnc1Nc1cccc(Cl)c1. The van der Waals surface area contributed by atoms with E-state index in [1.165, 1.54) is 6.33 Å². The molecule has 0 aliphatic rings. The Morgan fingerprint density at radius 2 is 1.85 bits per heavy atom. The molecule has 0 atom stereocenters. The molecule has 0 saturated carbocycles. The molecule has 0 bridgehead atoms. The summed E-state index contributed by atoms with van der Waals surface area (Å²) in [6.07, 6.45) is 1.33. The van der Waals surface area contributed by atoms with Crippen LogP contribution in [0.25, 0.3) is 0 Å². The molecule has 132 valence electrons. The Bertz CT molecular complexity index is 952. The van der Waals surface area contributed by atoms with E-state index in [0.717, 1.165) is 5.69 Å². The number of aromatic nitrogens is 2. The number of nitrogens with two attached hydrogens (primary N) is 1. The molecule has 3 rings (SSSR count). The van der Waals surface area contributed by atoms with Gasteiger partial charge in [-0.3, -0.25) is 15.6 Å². The zero-order chi connectivity index (χ0) is 18.5. The number of carbonyl (C=O) groups is 1. The number of benzene rings is 2. The number of nitrogen functional groups attached to an aromatic ring is 1. The first kappa shape index (κ1) is 18.0. The van der Waals surface area contributed by atoms with Crippen molar-refractivity contribution in [2.24, 2.45) is 0 Å². The maximum Gasteiger partial charge on any atom is 0.270 e. The van der Waals surface area contributed by atoms with Crippen molar-refractivity contribution in [1.82, 2.24) is 15.4 Å². The highest BCUT2D eigenvalue weighted by Gasteiger charge is 2.12. The van der Waals surface area contributed by atoms with Crippen LogP contribution < -0.4 is 21.9 Å². The third-order valence-corrected chi connectivity index (χ3v) is 4.31. The number of nitrogens with zero attached hydrogens (tertiary/aromatic N) is 2. The number of hydrogen-bond acceptors (Lipinski definition) is 6. The monoisotopic (exact) mass is 432 g/mol. The highest BCUT2D eigenvalue weighted by molar-refractivity contribution is 9.10. The van der Waals surface area contributed by atoms with E-state index in [1.54, 1.807) is 36.4 Å². The molecule has 0 aliphatic carbocycles. The average molecular weight is 434 g/mol. The van der Waals surface area contributed by atoms with Gasteiger partial charge in [-0.05, 0) is 46.3 Å². The molecule has 0 aliphatic heterocycles. The lowest BCUT2D eigenvalue weighted by atomic mass is 10.2. The molecule has 9 heteroatoms. The highest BCUT2D eigenvalue weighted by atomic mass is 79.9. The van der Waals surface area contributed by atoms with Gasteiger partial charge in [0.2, 0.25) is 0 Å². The number of hydrogen-bond donors (Lipinski definition) is 4. The van der Waals surface area contributed by atoms with Gasteiger partial charge in [0.1, 0.15) is 12.0 Å². The van der Waals surface area contributed by atoms with E-state index in [0.29, 0.717) is 20.9 Å². The molecule has 0 fully saturated rings. The van der Waals surface area contributed by atoms with Crippen molar-refractivity contribution >= 4 is 56.4 Å². The fraction of sp³-hybridized carbons (Fsp3) is 0. The lowest BCUT2D eigenvalue weighted by Crippen LogP contribution is -2.30. The molecule has 0 saturated heterocycles. The fourth-order valence-electron chi connectivity index (χ4n) is 2.13. The summed E-state index contributed by atoms with van der Waals surface area (Å²) in [7, 11) is 0. The molecule has 0 spiro atoms. The number of carbonyl (C=O) groups excluding carboxylic acids is 1. The smallest absolute Gasteiger partial charge is 0.270 e. The van der Waals surface area contributed by atoms with Crippen LogP contribution in [0.1, 0.15) is 10.4 Å². The summed E-state index contributed by atoms with van der Waals surface area (Å²) in [6, 6.07) is 14.2. The van der Waals surface area contributed by atoms with Gasteiger partial charge < -0.3 is 11.1 Å². The number of rotatable bonds is 5. The van der Waals surface area contributed by atoms with Crippen LogP contribution in [-0.4, -0.2) is 15.9 Å². The van der Waals surface area contributed by atoms with Crippen molar-refractivity contribution in [3.63, 3.8) is 0 Å². The van der Waals surface area contributed by atoms with E-state index in [-0.39, 0.29) is 17.4 Å². The minimum atomic E-state index is -0.333. The second kappa shape index (κ2) is 8.03. The maximum absolute atomic E-state index is 12.2. The van der Waals surface area contributed by atoms with E-state index in [2.05, 4.69) is 42.1 Å². The summed E-state index contributed by atoms with van der Waals surface area (Å²) in [5, 5.41) is 3.65. The molecular weight excluding hydrogens is 420 g/mol. The average Bonchev–Trinajstić information content (AvgIpc) is 2.62. The standard InChI is InChI=1S/C17H14BrClN6O/c18-13-7-2-1-6-12(13)17(26)25-24-16-14(20)15(21-9-22-16)23-11-5-3-4-10(19)8-11/h1-9H,20H2,(H,25,26)(H2,21,22,23,24). The number of amides is 1. The summed E-state index contributed by atoms with van der Waals surface area (Å²) in [4.78, 5) is 20.4. The number of nitrogens with one attached hydrogen (secondary N) is 3. The molecule has 0 unspecified atom stereocenters. The summed E-state index contributed by atoms with van der Waals surface area (Å²) < 4.78 is 0.679. The van der Waals surface area contributed by atoms with Gasteiger partial charge in [-0.15, -0.1) is 0 Å². The molecule has 0 radical (unpaired) electrons. The first-order valence-corrected chi connectivity index (χ1v) is 8.65. The molecule has 1 amide bonds. The van der Waals surface area contributed by atoms with Crippen LogP contribution in [-0.2, 0) is 0 Å². The second-order valence-electron chi connectivity index (χ2n) is 5.18. The third kappa shape index (κ3) is 4.22. The minimum Gasteiger partial charge on any atom is -0.393 e. The van der Waals surface area contributed by atoms with Gasteiger partial charge in [0, 0.05) is 15.2 Å². The van der Waals surface area contributed by atoms with E-state index >= 15 is 0 Å². The van der Waals surface area contributed by atoms with Crippen LogP contribution in [0.5, 0.6) is 0 Å². The Morgan fingerprint density at radius 3 is 2.62 bits per heavy atom.